The molecule has 0 radical (unpaired) electrons. The van der Waals surface area contributed by atoms with Crippen LogP contribution in [-0.4, -0.2) is 13.0 Å². The van der Waals surface area contributed by atoms with E-state index in [1.165, 1.54) is 5.57 Å². The van der Waals surface area contributed by atoms with Crippen LogP contribution < -0.4 is 10.1 Å². The number of carbonyl (C=O) groups is 1. The van der Waals surface area contributed by atoms with E-state index < -0.39 is 0 Å². The number of hydrogen-bond acceptors (Lipinski definition) is 2. The van der Waals surface area contributed by atoms with Crippen LogP contribution >= 0.6 is 0 Å². The first-order valence-electron chi connectivity index (χ1n) is 7.39. The lowest BCUT2D eigenvalue weighted by atomic mass is 10.0. The van der Waals surface area contributed by atoms with Gasteiger partial charge in [-0.05, 0) is 43.2 Å². The Morgan fingerprint density at radius 2 is 1.91 bits per heavy atom. The molecule has 0 saturated carbocycles. The molecule has 2 aromatic carbocycles. The van der Waals surface area contributed by atoms with E-state index in [4.69, 9.17) is 4.74 Å². The van der Waals surface area contributed by atoms with Gasteiger partial charge in [0, 0.05) is 17.2 Å². The Balaban J connectivity index is 2.37. The van der Waals surface area contributed by atoms with Crippen molar-refractivity contribution in [3.05, 3.63) is 65.7 Å². The van der Waals surface area contributed by atoms with Crippen LogP contribution in [0.1, 0.15) is 36.2 Å². The maximum atomic E-state index is 12.4. The molecule has 1 amide bonds. The van der Waals surface area contributed by atoms with Crippen molar-refractivity contribution in [2.24, 2.45) is 0 Å². The van der Waals surface area contributed by atoms with Gasteiger partial charge in [-0.3, -0.25) is 4.79 Å². The summed E-state index contributed by atoms with van der Waals surface area (Å²) in [4.78, 5) is 12.4. The Kier molecular flexibility index (Phi) is 5.37. The van der Waals surface area contributed by atoms with Crippen molar-refractivity contribution in [3.8, 4) is 5.75 Å². The monoisotopic (exact) mass is 295 g/mol. The minimum absolute atomic E-state index is 0.123. The normalized spacial score (nSPS) is 11.1. The summed E-state index contributed by atoms with van der Waals surface area (Å²) in [5.74, 6) is 0.598. The van der Waals surface area contributed by atoms with Gasteiger partial charge >= 0.3 is 0 Å². The highest BCUT2D eigenvalue weighted by atomic mass is 16.5. The van der Waals surface area contributed by atoms with E-state index in [1.807, 2.05) is 43.3 Å². The van der Waals surface area contributed by atoms with Gasteiger partial charge in [0.1, 0.15) is 5.75 Å². The Morgan fingerprint density at radius 1 is 1.18 bits per heavy atom. The summed E-state index contributed by atoms with van der Waals surface area (Å²) >= 11 is 0. The molecule has 114 valence electrons. The van der Waals surface area contributed by atoms with E-state index in [0.29, 0.717) is 5.56 Å². The molecule has 0 unspecified atom stereocenters. The van der Waals surface area contributed by atoms with Gasteiger partial charge in [0.05, 0.1) is 12.8 Å². The minimum Gasteiger partial charge on any atom is -0.497 e. The van der Waals surface area contributed by atoms with Gasteiger partial charge in [0.2, 0.25) is 0 Å². The lowest BCUT2D eigenvalue weighted by molar-refractivity contribution is 0.102. The van der Waals surface area contributed by atoms with Gasteiger partial charge in [-0.1, -0.05) is 31.2 Å². The maximum Gasteiger partial charge on any atom is 0.255 e. The number of carbonyl (C=O) groups excluding carboxylic acids is 1. The lowest BCUT2D eigenvalue weighted by Gasteiger charge is -2.14. The zero-order valence-electron chi connectivity index (χ0n) is 13.2. The third kappa shape index (κ3) is 3.55. The van der Waals surface area contributed by atoms with Gasteiger partial charge in [-0.15, -0.1) is 0 Å². The van der Waals surface area contributed by atoms with E-state index in [0.717, 1.165) is 23.4 Å². The first kappa shape index (κ1) is 15.8. The molecule has 1 N–H and O–H groups in total. The summed E-state index contributed by atoms with van der Waals surface area (Å²) in [7, 11) is 1.62. The molecule has 2 aromatic rings. The highest BCUT2D eigenvalue weighted by molar-refractivity contribution is 6.05. The summed E-state index contributed by atoms with van der Waals surface area (Å²) in [6, 6.07) is 14.9. The Labute approximate surface area is 131 Å². The van der Waals surface area contributed by atoms with Crippen molar-refractivity contribution in [3.63, 3.8) is 0 Å². The van der Waals surface area contributed by atoms with Crippen molar-refractivity contribution in [1.82, 2.24) is 0 Å². The van der Waals surface area contributed by atoms with Crippen LogP contribution in [0.2, 0.25) is 0 Å². The van der Waals surface area contributed by atoms with Crippen LogP contribution in [0.25, 0.3) is 5.57 Å². The molecule has 0 bridgehead atoms. The van der Waals surface area contributed by atoms with Crippen LogP contribution in [0.4, 0.5) is 5.69 Å². The van der Waals surface area contributed by atoms with Gasteiger partial charge < -0.3 is 10.1 Å². The number of allylic oxidation sites excluding steroid dienone is 2. The molecule has 22 heavy (non-hydrogen) atoms. The molecule has 3 heteroatoms. The summed E-state index contributed by atoms with van der Waals surface area (Å²) in [5.41, 5.74) is 3.61. The zero-order valence-corrected chi connectivity index (χ0v) is 13.2. The van der Waals surface area contributed by atoms with Crippen molar-refractivity contribution < 1.29 is 9.53 Å². The van der Waals surface area contributed by atoms with Crippen LogP contribution in [-0.2, 0) is 0 Å². The smallest absolute Gasteiger partial charge is 0.255 e. The predicted molar refractivity (Wildman–Crippen MR) is 91.3 cm³/mol. The second kappa shape index (κ2) is 7.46. The molecule has 3 nitrogen and oxygen atoms in total. The number of amides is 1. The average Bonchev–Trinajstić information content (AvgIpc) is 2.57. The Morgan fingerprint density at radius 3 is 2.50 bits per heavy atom. The fraction of sp³-hybridized carbons (Fsp3) is 0.211. The second-order valence-corrected chi connectivity index (χ2v) is 4.90. The predicted octanol–water partition coefficient (Wildman–Crippen LogP) is 4.76. The first-order valence-corrected chi connectivity index (χ1v) is 7.39. The van der Waals surface area contributed by atoms with E-state index in [-0.39, 0.29) is 5.91 Å². The van der Waals surface area contributed by atoms with E-state index >= 15 is 0 Å². The standard InChI is InChI=1S/C19H21NO2/c1-4-14(5-2)17-12-11-16(22-3)13-18(17)20-19(21)15-9-7-6-8-10-15/h4,6-13H,5H2,1-3H3,(H,20,21)/b14-4+. The van der Waals surface area contributed by atoms with Gasteiger partial charge in [-0.25, -0.2) is 0 Å². The maximum absolute atomic E-state index is 12.4. The third-order valence-corrected chi connectivity index (χ3v) is 3.59. The topological polar surface area (TPSA) is 38.3 Å². The average molecular weight is 295 g/mol. The van der Waals surface area contributed by atoms with Crippen molar-refractivity contribution in [2.75, 3.05) is 12.4 Å². The number of anilines is 1. The first-order chi connectivity index (χ1) is 10.7. The summed E-state index contributed by atoms with van der Waals surface area (Å²) in [6.45, 7) is 4.11. The summed E-state index contributed by atoms with van der Waals surface area (Å²) in [5, 5.41) is 2.99. The van der Waals surface area contributed by atoms with Crippen LogP contribution in [0.5, 0.6) is 5.75 Å². The molecule has 0 atom stereocenters. The number of ether oxygens (including phenoxy) is 1. The number of hydrogen-bond donors (Lipinski definition) is 1. The SMILES string of the molecule is C/C=C(\CC)c1ccc(OC)cc1NC(=O)c1ccccc1. The second-order valence-electron chi connectivity index (χ2n) is 4.90. The van der Waals surface area contributed by atoms with E-state index in [2.05, 4.69) is 18.3 Å². The quantitative estimate of drug-likeness (QED) is 0.863. The summed E-state index contributed by atoms with van der Waals surface area (Å²) in [6.07, 6.45) is 2.97. The van der Waals surface area contributed by atoms with Gasteiger partial charge in [-0.2, -0.15) is 0 Å². The van der Waals surface area contributed by atoms with Crippen molar-refractivity contribution in [1.29, 1.82) is 0 Å². The zero-order chi connectivity index (χ0) is 15.9. The highest BCUT2D eigenvalue weighted by Crippen LogP contribution is 2.30. The number of nitrogens with one attached hydrogen (secondary N) is 1. The van der Waals surface area contributed by atoms with Crippen molar-refractivity contribution in [2.45, 2.75) is 20.3 Å². The molecular weight excluding hydrogens is 274 g/mol. The summed E-state index contributed by atoms with van der Waals surface area (Å²) < 4.78 is 5.27. The molecule has 0 spiro atoms. The van der Waals surface area contributed by atoms with Crippen LogP contribution in [0.3, 0.4) is 0 Å². The molecular formula is C19H21NO2. The van der Waals surface area contributed by atoms with E-state index in [1.54, 1.807) is 19.2 Å². The molecule has 0 saturated heterocycles. The molecule has 0 aliphatic heterocycles. The Hall–Kier alpha value is -2.55. The minimum atomic E-state index is -0.123. The third-order valence-electron chi connectivity index (χ3n) is 3.59. The van der Waals surface area contributed by atoms with Crippen molar-refractivity contribution >= 4 is 17.2 Å². The Bertz CT molecular complexity index is 675. The van der Waals surface area contributed by atoms with E-state index in [9.17, 15) is 4.79 Å². The largest absolute Gasteiger partial charge is 0.497 e. The molecule has 0 fully saturated rings. The fourth-order valence-electron chi connectivity index (χ4n) is 2.37. The molecule has 2 rings (SSSR count). The molecule has 0 heterocycles. The highest BCUT2D eigenvalue weighted by Gasteiger charge is 2.12. The molecule has 0 aromatic heterocycles. The number of rotatable bonds is 5. The molecule has 0 aliphatic rings. The number of methoxy groups -OCH3 is 1. The lowest BCUT2D eigenvalue weighted by Crippen LogP contribution is -2.13. The number of benzene rings is 2. The van der Waals surface area contributed by atoms with Crippen LogP contribution in [0, 0.1) is 0 Å². The van der Waals surface area contributed by atoms with Gasteiger partial charge in [0.25, 0.3) is 5.91 Å². The van der Waals surface area contributed by atoms with Gasteiger partial charge in [0.15, 0.2) is 0 Å². The molecule has 0 aliphatic carbocycles. The van der Waals surface area contributed by atoms with Crippen LogP contribution in [0.15, 0.2) is 54.6 Å². The fourth-order valence-corrected chi connectivity index (χ4v) is 2.37.